The van der Waals surface area contributed by atoms with Crippen LogP contribution in [0.4, 0.5) is 0 Å². The van der Waals surface area contributed by atoms with E-state index in [1.165, 1.54) is 0 Å². The molecule has 0 radical (unpaired) electrons. The van der Waals surface area contributed by atoms with Gasteiger partial charge in [-0.05, 0) is 18.6 Å². The Kier molecular flexibility index (Phi) is 3.98. The van der Waals surface area contributed by atoms with Gasteiger partial charge in [0.1, 0.15) is 12.4 Å². The molecule has 2 rings (SSSR count). The molecule has 0 fully saturated rings. The van der Waals surface area contributed by atoms with E-state index in [4.69, 9.17) is 28.3 Å². The lowest BCUT2D eigenvalue weighted by molar-refractivity contribution is -0.137. The van der Waals surface area contributed by atoms with Crippen LogP contribution in [-0.2, 0) is 16.8 Å². The quantitative estimate of drug-likeness (QED) is 0.923. The Labute approximate surface area is 127 Å². The first-order valence-electron chi connectivity index (χ1n) is 6.34. The molecule has 0 bridgehead atoms. The molecule has 0 saturated heterocycles. The molecule has 0 aliphatic heterocycles. The van der Waals surface area contributed by atoms with Crippen LogP contribution >= 0.6 is 23.2 Å². The van der Waals surface area contributed by atoms with Crippen LogP contribution in [-0.4, -0.2) is 20.6 Å². The van der Waals surface area contributed by atoms with Crippen molar-refractivity contribution in [1.82, 2.24) is 9.55 Å². The zero-order valence-electron chi connectivity index (χ0n) is 11.6. The highest BCUT2D eigenvalue weighted by Crippen LogP contribution is 2.33. The molecule has 0 aliphatic rings. The molecular formula is C14H16Cl2N2O2. The summed E-state index contributed by atoms with van der Waals surface area (Å²) in [6, 6.07) is 3.34. The van der Waals surface area contributed by atoms with Crippen LogP contribution in [0.2, 0.25) is 10.0 Å². The van der Waals surface area contributed by atoms with E-state index >= 15 is 0 Å². The molecule has 1 N–H and O–H groups in total. The third kappa shape index (κ3) is 2.63. The number of carboxylic acids is 1. The summed E-state index contributed by atoms with van der Waals surface area (Å²) in [5.74, 6) is -0.181. The molecule has 0 spiro atoms. The average Bonchev–Trinajstić information content (AvgIpc) is 2.68. The van der Waals surface area contributed by atoms with Crippen molar-refractivity contribution in [2.24, 2.45) is 0 Å². The summed E-state index contributed by atoms with van der Waals surface area (Å²) in [5, 5.41) is 9.94. The van der Waals surface area contributed by atoms with Gasteiger partial charge in [0.05, 0.1) is 21.1 Å². The molecular weight excluding hydrogens is 299 g/mol. The lowest BCUT2D eigenvalue weighted by Gasteiger charge is -2.23. The Morgan fingerprint density at radius 3 is 2.50 bits per heavy atom. The fourth-order valence-electron chi connectivity index (χ4n) is 2.09. The Hall–Kier alpha value is -1.26. The number of nitrogens with zero attached hydrogens (tertiary/aromatic N) is 2. The molecule has 0 atom stereocenters. The van der Waals surface area contributed by atoms with Crippen molar-refractivity contribution in [3.63, 3.8) is 0 Å². The van der Waals surface area contributed by atoms with Crippen LogP contribution in [0.3, 0.4) is 0 Å². The summed E-state index contributed by atoms with van der Waals surface area (Å²) in [6.07, 6.45) is 0.845. The van der Waals surface area contributed by atoms with Gasteiger partial charge in [-0.15, -0.1) is 0 Å². The summed E-state index contributed by atoms with van der Waals surface area (Å²) in [5.41, 5.74) is 1.13. The van der Waals surface area contributed by atoms with Crippen molar-refractivity contribution in [1.29, 1.82) is 0 Å². The maximum Gasteiger partial charge on any atom is 0.323 e. The fourth-order valence-corrected chi connectivity index (χ4v) is 2.41. The second-order valence-electron chi connectivity index (χ2n) is 5.41. The molecule has 0 amide bonds. The maximum atomic E-state index is 11.1. The van der Waals surface area contributed by atoms with E-state index in [0.717, 1.165) is 12.2 Å². The summed E-state index contributed by atoms with van der Waals surface area (Å²) in [6.45, 7) is 5.98. The second kappa shape index (κ2) is 5.26. The third-order valence-corrected chi connectivity index (χ3v) is 4.30. The van der Waals surface area contributed by atoms with Crippen molar-refractivity contribution >= 4 is 40.2 Å². The van der Waals surface area contributed by atoms with Crippen molar-refractivity contribution in [2.75, 3.05) is 0 Å². The number of benzene rings is 1. The normalized spacial score (nSPS) is 12.1. The first-order valence-corrected chi connectivity index (χ1v) is 7.09. The van der Waals surface area contributed by atoms with E-state index in [2.05, 4.69) is 4.98 Å². The predicted molar refractivity (Wildman–Crippen MR) is 80.7 cm³/mol. The molecule has 1 aromatic heterocycles. The van der Waals surface area contributed by atoms with Crippen LogP contribution in [0.1, 0.15) is 33.0 Å². The van der Waals surface area contributed by atoms with Gasteiger partial charge in [-0.3, -0.25) is 4.79 Å². The number of carboxylic acid groups (broad SMARTS) is 1. The number of aromatic nitrogens is 2. The summed E-state index contributed by atoms with van der Waals surface area (Å²) >= 11 is 12.0. The number of aliphatic carboxylic acids is 1. The highest BCUT2D eigenvalue weighted by Gasteiger charge is 2.27. The van der Waals surface area contributed by atoms with Crippen molar-refractivity contribution in [2.45, 2.75) is 39.2 Å². The Bertz CT molecular complexity index is 677. The van der Waals surface area contributed by atoms with Crippen LogP contribution in [0.15, 0.2) is 12.1 Å². The summed E-state index contributed by atoms with van der Waals surface area (Å²) < 4.78 is 1.70. The lowest BCUT2D eigenvalue weighted by Crippen LogP contribution is -2.24. The summed E-state index contributed by atoms with van der Waals surface area (Å²) in [7, 11) is 0. The molecule has 1 aromatic carbocycles. The fraction of sp³-hybridized carbons (Fsp3) is 0.429. The SMILES string of the molecule is CCC(C)(C)c1nc2cc(Cl)c(Cl)cc2n1CC(=O)O. The number of fused-ring (bicyclic) bond motifs is 1. The minimum absolute atomic E-state index is 0.146. The van der Waals surface area contributed by atoms with Gasteiger partial charge in [0.2, 0.25) is 0 Å². The monoisotopic (exact) mass is 314 g/mol. The number of rotatable bonds is 4. The minimum Gasteiger partial charge on any atom is -0.480 e. The summed E-state index contributed by atoms with van der Waals surface area (Å²) in [4.78, 5) is 15.7. The predicted octanol–water partition coefficient (Wildman–Crippen LogP) is 4.12. The van der Waals surface area contributed by atoms with Crippen LogP contribution in [0.25, 0.3) is 11.0 Å². The first kappa shape index (κ1) is 15.1. The van der Waals surface area contributed by atoms with Gasteiger partial charge in [-0.2, -0.15) is 0 Å². The van der Waals surface area contributed by atoms with Gasteiger partial charge < -0.3 is 9.67 Å². The van der Waals surface area contributed by atoms with E-state index in [9.17, 15) is 4.79 Å². The highest BCUT2D eigenvalue weighted by atomic mass is 35.5. The molecule has 4 nitrogen and oxygen atoms in total. The smallest absolute Gasteiger partial charge is 0.323 e. The van der Waals surface area contributed by atoms with Crippen molar-refractivity contribution in [3.8, 4) is 0 Å². The average molecular weight is 315 g/mol. The van der Waals surface area contributed by atoms with Crippen LogP contribution in [0, 0.1) is 0 Å². The standard InChI is InChI=1S/C14H16Cl2N2O2/c1-4-14(2,3)13-17-10-5-8(15)9(16)6-11(10)18(13)7-12(19)20/h5-6H,4,7H2,1-3H3,(H,19,20). The van der Waals surface area contributed by atoms with Crippen molar-refractivity contribution < 1.29 is 9.90 Å². The van der Waals surface area contributed by atoms with Gasteiger partial charge in [-0.1, -0.05) is 44.0 Å². The zero-order chi connectivity index (χ0) is 15.1. The molecule has 0 unspecified atom stereocenters. The molecule has 2 aromatic rings. The van der Waals surface area contributed by atoms with E-state index in [0.29, 0.717) is 21.1 Å². The molecule has 6 heteroatoms. The third-order valence-electron chi connectivity index (χ3n) is 3.57. The van der Waals surface area contributed by atoms with Crippen LogP contribution in [0.5, 0.6) is 0 Å². The number of halogens is 2. The van der Waals surface area contributed by atoms with Crippen LogP contribution < -0.4 is 0 Å². The molecule has 20 heavy (non-hydrogen) atoms. The van der Waals surface area contributed by atoms with Gasteiger partial charge in [0.25, 0.3) is 0 Å². The number of hydrogen-bond acceptors (Lipinski definition) is 2. The first-order chi connectivity index (χ1) is 9.26. The van der Waals surface area contributed by atoms with E-state index in [1.807, 2.05) is 20.8 Å². The second-order valence-corrected chi connectivity index (χ2v) is 6.22. The molecule has 0 saturated carbocycles. The maximum absolute atomic E-state index is 11.1. The number of imidazole rings is 1. The zero-order valence-corrected chi connectivity index (χ0v) is 13.1. The lowest BCUT2D eigenvalue weighted by atomic mass is 9.89. The highest BCUT2D eigenvalue weighted by molar-refractivity contribution is 6.42. The topological polar surface area (TPSA) is 55.1 Å². The number of carbonyl (C=O) groups is 1. The minimum atomic E-state index is -0.913. The number of hydrogen-bond donors (Lipinski definition) is 1. The van der Waals surface area contributed by atoms with Gasteiger partial charge >= 0.3 is 5.97 Å². The molecule has 108 valence electrons. The van der Waals surface area contributed by atoms with Gasteiger partial charge in [0, 0.05) is 5.41 Å². The largest absolute Gasteiger partial charge is 0.480 e. The Balaban J connectivity index is 2.76. The van der Waals surface area contributed by atoms with E-state index < -0.39 is 5.97 Å². The van der Waals surface area contributed by atoms with Crippen molar-refractivity contribution in [3.05, 3.63) is 28.0 Å². The van der Waals surface area contributed by atoms with Gasteiger partial charge in [-0.25, -0.2) is 4.98 Å². The van der Waals surface area contributed by atoms with E-state index in [-0.39, 0.29) is 12.0 Å². The molecule has 0 aliphatic carbocycles. The Morgan fingerprint density at radius 1 is 1.35 bits per heavy atom. The molecule has 1 heterocycles. The van der Waals surface area contributed by atoms with E-state index in [1.54, 1.807) is 16.7 Å². The Morgan fingerprint density at radius 2 is 1.95 bits per heavy atom. The van der Waals surface area contributed by atoms with Gasteiger partial charge in [0.15, 0.2) is 0 Å².